The van der Waals surface area contributed by atoms with Crippen molar-refractivity contribution in [1.29, 1.82) is 0 Å². The van der Waals surface area contributed by atoms with Gasteiger partial charge in [0.1, 0.15) is 11.5 Å². The van der Waals surface area contributed by atoms with Crippen molar-refractivity contribution < 1.29 is 18.3 Å². The largest absolute Gasteiger partial charge is 0.497 e. The molecular formula is C16H18F2IN3O2. The molecule has 2 aromatic carbocycles. The number of hydrogen-bond acceptors (Lipinski definition) is 3. The zero-order valence-electron chi connectivity index (χ0n) is 12.9. The number of methoxy groups -OCH3 is 1. The van der Waals surface area contributed by atoms with Gasteiger partial charge in [-0.05, 0) is 24.3 Å². The molecule has 0 aliphatic carbocycles. The maximum absolute atomic E-state index is 12.5. The Balaban J connectivity index is 0.00000288. The van der Waals surface area contributed by atoms with E-state index in [-0.39, 0.29) is 42.2 Å². The van der Waals surface area contributed by atoms with Gasteiger partial charge in [-0.3, -0.25) is 0 Å². The van der Waals surface area contributed by atoms with E-state index in [2.05, 4.69) is 15.0 Å². The van der Waals surface area contributed by atoms with Gasteiger partial charge in [-0.25, -0.2) is 4.99 Å². The fraction of sp³-hybridized carbons (Fsp3) is 0.188. The molecule has 0 saturated heterocycles. The number of aliphatic imine (C=N–C) groups is 1. The molecule has 0 saturated carbocycles. The standard InChI is InChI=1S/C16H17F2N3O2.HI/c1-22-13-8-7-11(14(9-13)23-15(17)18)10-20-16(19)21-12-5-3-2-4-6-12;/h2-9,15H,10H2,1H3,(H3,19,20,21);1H. The first kappa shape index (κ1) is 19.9. The third-order valence-electron chi connectivity index (χ3n) is 2.96. The second-order valence-electron chi connectivity index (χ2n) is 4.54. The highest BCUT2D eigenvalue weighted by atomic mass is 127. The smallest absolute Gasteiger partial charge is 0.387 e. The summed E-state index contributed by atoms with van der Waals surface area (Å²) in [5, 5.41) is 2.91. The van der Waals surface area contributed by atoms with Gasteiger partial charge in [0, 0.05) is 17.3 Å². The van der Waals surface area contributed by atoms with Gasteiger partial charge in [-0.2, -0.15) is 8.78 Å². The molecule has 0 aromatic heterocycles. The first-order valence-corrected chi connectivity index (χ1v) is 6.82. The molecule has 8 heteroatoms. The lowest BCUT2D eigenvalue weighted by Crippen LogP contribution is -2.22. The second-order valence-corrected chi connectivity index (χ2v) is 4.54. The number of rotatable bonds is 6. The Hall–Kier alpha value is -2.10. The molecule has 5 nitrogen and oxygen atoms in total. The van der Waals surface area contributed by atoms with Crippen LogP contribution in [0.5, 0.6) is 11.5 Å². The molecule has 0 spiro atoms. The number of guanidine groups is 1. The monoisotopic (exact) mass is 449 g/mol. The van der Waals surface area contributed by atoms with Crippen molar-refractivity contribution >= 4 is 35.6 Å². The first-order valence-electron chi connectivity index (χ1n) is 6.82. The van der Waals surface area contributed by atoms with Gasteiger partial charge in [0.05, 0.1) is 13.7 Å². The zero-order valence-corrected chi connectivity index (χ0v) is 15.2. The summed E-state index contributed by atoms with van der Waals surface area (Å²) >= 11 is 0. The topological polar surface area (TPSA) is 68.9 Å². The van der Waals surface area contributed by atoms with Gasteiger partial charge in [0.15, 0.2) is 5.96 Å². The highest BCUT2D eigenvalue weighted by molar-refractivity contribution is 14.0. The molecule has 0 bridgehead atoms. The van der Waals surface area contributed by atoms with Crippen LogP contribution in [0.2, 0.25) is 0 Å². The molecular weight excluding hydrogens is 431 g/mol. The zero-order chi connectivity index (χ0) is 16.7. The van der Waals surface area contributed by atoms with E-state index in [9.17, 15) is 8.78 Å². The third-order valence-corrected chi connectivity index (χ3v) is 2.96. The lowest BCUT2D eigenvalue weighted by molar-refractivity contribution is -0.0505. The van der Waals surface area contributed by atoms with Crippen LogP contribution in [-0.4, -0.2) is 19.7 Å². The van der Waals surface area contributed by atoms with Crippen LogP contribution in [-0.2, 0) is 6.54 Å². The SMILES string of the molecule is COc1ccc(CN=C(N)Nc2ccccc2)c(OC(F)F)c1.I. The van der Waals surface area contributed by atoms with Gasteiger partial charge < -0.3 is 20.5 Å². The summed E-state index contributed by atoms with van der Waals surface area (Å²) in [6.07, 6.45) is 0. The maximum atomic E-state index is 12.5. The third kappa shape index (κ3) is 6.19. The molecule has 2 rings (SSSR count). The lowest BCUT2D eigenvalue weighted by atomic mass is 10.2. The molecule has 0 heterocycles. The summed E-state index contributed by atoms with van der Waals surface area (Å²) in [7, 11) is 1.45. The number of halogens is 3. The highest BCUT2D eigenvalue weighted by Crippen LogP contribution is 2.27. The number of benzene rings is 2. The predicted molar refractivity (Wildman–Crippen MR) is 100 cm³/mol. The van der Waals surface area contributed by atoms with Crippen molar-refractivity contribution in [3.63, 3.8) is 0 Å². The van der Waals surface area contributed by atoms with Crippen molar-refractivity contribution in [2.24, 2.45) is 10.7 Å². The number of nitrogens with zero attached hydrogens (tertiary/aromatic N) is 1. The number of anilines is 1. The minimum Gasteiger partial charge on any atom is -0.497 e. The first-order chi connectivity index (χ1) is 11.1. The second kappa shape index (κ2) is 9.91. The fourth-order valence-corrected chi connectivity index (χ4v) is 1.88. The normalized spacial score (nSPS) is 10.9. The summed E-state index contributed by atoms with van der Waals surface area (Å²) in [6.45, 7) is -2.83. The van der Waals surface area contributed by atoms with Crippen LogP contribution in [0.3, 0.4) is 0 Å². The Labute approximate surface area is 155 Å². The van der Waals surface area contributed by atoms with E-state index in [0.29, 0.717) is 11.3 Å². The maximum Gasteiger partial charge on any atom is 0.387 e. The van der Waals surface area contributed by atoms with Crippen molar-refractivity contribution in [3.05, 3.63) is 54.1 Å². The van der Waals surface area contributed by atoms with Gasteiger partial charge in [-0.15, -0.1) is 24.0 Å². The average Bonchev–Trinajstić information content (AvgIpc) is 2.54. The molecule has 130 valence electrons. The van der Waals surface area contributed by atoms with Crippen LogP contribution in [0.25, 0.3) is 0 Å². The van der Waals surface area contributed by atoms with Crippen LogP contribution < -0.4 is 20.5 Å². The molecule has 3 N–H and O–H groups in total. The number of para-hydroxylation sites is 1. The van der Waals surface area contributed by atoms with E-state index in [1.807, 2.05) is 30.3 Å². The van der Waals surface area contributed by atoms with E-state index in [0.717, 1.165) is 5.69 Å². The Kier molecular flexibility index (Phi) is 8.24. The number of alkyl halides is 2. The van der Waals surface area contributed by atoms with Crippen LogP contribution in [0.15, 0.2) is 53.5 Å². The van der Waals surface area contributed by atoms with Crippen LogP contribution in [0.4, 0.5) is 14.5 Å². The lowest BCUT2D eigenvalue weighted by Gasteiger charge is -2.11. The molecule has 0 radical (unpaired) electrons. The van der Waals surface area contributed by atoms with E-state index >= 15 is 0 Å². The van der Waals surface area contributed by atoms with Gasteiger partial charge in [-0.1, -0.05) is 18.2 Å². The fourth-order valence-electron chi connectivity index (χ4n) is 1.88. The average molecular weight is 449 g/mol. The highest BCUT2D eigenvalue weighted by Gasteiger charge is 2.11. The Bertz CT molecular complexity index is 670. The quantitative estimate of drug-likeness (QED) is 0.400. The van der Waals surface area contributed by atoms with Crippen LogP contribution >= 0.6 is 24.0 Å². The van der Waals surface area contributed by atoms with E-state index in [1.54, 1.807) is 12.1 Å². The predicted octanol–water partition coefficient (Wildman–Crippen LogP) is 3.84. The van der Waals surface area contributed by atoms with Gasteiger partial charge in [0.25, 0.3) is 0 Å². The summed E-state index contributed by atoms with van der Waals surface area (Å²) in [6, 6.07) is 13.9. The van der Waals surface area contributed by atoms with Crippen molar-refractivity contribution in [2.45, 2.75) is 13.2 Å². The molecule has 24 heavy (non-hydrogen) atoms. The minimum absolute atomic E-state index is 0. The Morgan fingerprint density at radius 2 is 1.92 bits per heavy atom. The van der Waals surface area contributed by atoms with E-state index in [4.69, 9.17) is 10.5 Å². The van der Waals surface area contributed by atoms with Gasteiger partial charge >= 0.3 is 6.61 Å². The Morgan fingerprint density at radius 3 is 2.54 bits per heavy atom. The Morgan fingerprint density at radius 1 is 1.21 bits per heavy atom. The molecule has 0 atom stereocenters. The van der Waals surface area contributed by atoms with Crippen LogP contribution in [0, 0.1) is 0 Å². The molecule has 0 aliphatic rings. The molecule has 0 unspecified atom stereocenters. The summed E-state index contributed by atoms with van der Waals surface area (Å²) < 4.78 is 34.5. The number of ether oxygens (including phenoxy) is 2. The summed E-state index contributed by atoms with van der Waals surface area (Å²) in [5.74, 6) is 0.606. The molecule has 0 fully saturated rings. The van der Waals surface area contributed by atoms with Crippen molar-refractivity contribution in [3.8, 4) is 11.5 Å². The number of nitrogens with two attached hydrogens (primary N) is 1. The van der Waals surface area contributed by atoms with E-state index in [1.165, 1.54) is 13.2 Å². The van der Waals surface area contributed by atoms with Crippen LogP contribution in [0.1, 0.15) is 5.56 Å². The molecule has 0 aliphatic heterocycles. The minimum atomic E-state index is -2.93. The van der Waals surface area contributed by atoms with Crippen molar-refractivity contribution in [1.82, 2.24) is 0 Å². The summed E-state index contributed by atoms with van der Waals surface area (Å²) in [4.78, 5) is 4.13. The molecule has 0 amide bonds. The van der Waals surface area contributed by atoms with Gasteiger partial charge in [0.2, 0.25) is 0 Å². The van der Waals surface area contributed by atoms with Crippen molar-refractivity contribution in [2.75, 3.05) is 12.4 Å². The van der Waals surface area contributed by atoms with E-state index < -0.39 is 6.61 Å². The number of nitrogens with one attached hydrogen (secondary N) is 1. The number of hydrogen-bond donors (Lipinski definition) is 2. The summed E-state index contributed by atoms with van der Waals surface area (Å²) in [5.41, 5.74) is 7.05. The molecule has 2 aromatic rings.